The Hall–Kier alpha value is -1.08. The predicted octanol–water partition coefficient (Wildman–Crippen LogP) is 1.62. The van der Waals surface area contributed by atoms with E-state index in [0.717, 1.165) is 11.6 Å². The molecule has 6 nitrogen and oxygen atoms in total. The zero-order valence-corrected chi connectivity index (χ0v) is 13.6. The molecule has 1 aromatic heterocycles. The molecule has 1 aromatic rings. The van der Waals surface area contributed by atoms with Crippen LogP contribution < -0.4 is 5.32 Å². The van der Waals surface area contributed by atoms with Crippen LogP contribution >= 0.6 is 11.8 Å². The Morgan fingerprint density at radius 1 is 1.52 bits per heavy atom. The van der Waals surface area contributed by atoms with Crippen LogP contribution in [0.4, 0.5) is 0 Å². The van der Waals surface area contributed by atoms with Gasteiger partial charge in [0.2, 0.25) is 5.91 Å². The molecule has 0 aromatic carbocycles. The zero-order valence-electron chi connectivity index (χ0n) is 12.7. The minimum atomic E-state index is 0.00305. The van der Waals surface area contributed by atoms with Gasteiger partial charge in [-0.15, -0.1) is 0 Å². The van der Waals surface area contributed by atoms with Crippen LogP contribution in [0, 0.1) is 5.92 Å². The molecule has 2 unspecified atom stereocenters. The van der Waals surface area contributed by atoms with Gasteiger partial charge in [-0.05, 0) is 18.8 Å². The average Bonchev–Trinajstić information content (AvgIpc) is 2.88. The van der Waals surface area contributed by atoms with Crippen LogP contribution in [0.3, 0.4) is 0 Å². The van der Waals surface area contributed by atoms with E-state index in [-0.39, 0.29) is 5.91 Å². The first-order valence-electron chi connectivity index (χ1n) is 7.52. The summed E-state index contributed by atoms with van der Waals surface area (Å²) in [5.41, 5.74) is 0. The number of hydrogen-bond acceptors (Lipinski definition) is 5. The van der Waals surface area contributed by atoms with E-state index in [2.05, 4.69) is 22.3 Å². The Balaban J connectivity index is 1.56. The zero-order chi connectivity index (χ0) is 15.1. The standard InChI is InChI=1S/C14H24N4O2S/c1-11-5-3-4-6-12(11)20-8-7-15-13(19)9-21-14-16-10-17-18(14)2/h10-12H,3-9H2,1-2H3,(H,15,19). The molecule has 1 amide bonds. The van der Waals surface area contributed by atoms with Crippen molar-refractivity contribution < 1.29 is 9.53 Å². The molecule has 0 aliphatic heterocycles. The van der Waals surface area contributed by atoms with E-state index in [4.69, 9.17) is 4.74 Å². The highest BCUT2D eigenvalue weighted by Gasteiger charge is 2.21. The van der Waals surface area contributed by atoms with E-state index in [1.165, 1.54) is 37.4 Å². The van der Waals surface area contributed by atoms with Crippen molar-refractivity contribution in [2.75, 3.05) is 18.9 Å². The number of nitrogens with one attached hydrogen (secondary N) is 1. The number of thioether (sulfide) groups is 1. The quantitative estimate of drug-likeness (QED) is 0.612. The number of aromatic nitrogens is 3. The summed E-state index contributed by atoms with van der Waals surface area (Å²) in [6.07, 6.45) is 6.83. The largest absolute Gasteiger partial charge is 0.376 e. The van der Waals surface area contributed by atoms with Gasteiger partial charge in [0, 0.05) is 13.6 Å². The van der Waals surface area contributed by atoms with Crippen molar-refractivity contribution >= 4 is 17.7 Å². The SMILES string of the molecule is CC1CCCCC1OCCNC(=O)CSc1ncnn1C. The first-order chi connectivity index (χ1) is 10.2. The molecular formula is C14H24N4O2S. The van der Waals surface area contributed by atoms with Crippen LogP contribution in [0.5, 0.6) is 0 Å². The molecule has 1 fully saturated rings. The van der Waals surface area contributed by atoms with Crippen molar-refractivity contribution in [3.8, 4) is 0 Å². The van der Waals surface area contributed by atoms with Crippen LogP contribution in [0.1, 0.15) is 32.6 Å². The molecule has 21 heavy (non-hydrogen) atoms. The molecule has 0 bridgehead atoms. The summed E-state index contributed by atoms with van der Waals surface area (Å²) in [4.78, 5) is 15.8. The highest BCUT2D eigenvalue weighted by molar-refractivity contribution is 7.99. The van der Waals surface area contributed by atoms with E-state index in [1.54, 1.807) is 4.68 Å². The minimum Gasteiger partial charge on any atom is -0.376 e. The maximum absolute atomic E-state index is 11.7. The van der Waals surface area contributed by atoms with Crippen molar-refractivity contribution in [3.05, 3.63) is 6.33 Å². The van der Waals surface area contributed by atoms with Crippen molar-refractivity contribution in [1.29, 1.82) is 0 Å². The number of carbonyl (C=O) groups is 1. The van der Waals surface area contributed by atoms with Gasteiger partial charge in [-0.25, -0.2) is 9.67 Å². The van der Waals surface area contributed by atoms with Crippen LogP contribution in [-0.4, -0.2) is 45.7 Å². The lowest BCUT2D eigenvalue weighted by Crippen LogP contribution is -2.32. The maximum atomic E-state index is 11.7. The van der Waals surface area contributed by atoms with Crippen LogP contribution in [0.25, 0.3) is 0 Å². The van der Waals surface area contributed by atoms with E-state index in [9.17, 15) is 4.79 Å². The average molecular weight is 312 g/mol. The van der Waals surface area contributed by atoms with Gasteiger partial charge >= 0.3 is 0 Å². The topological polar surface area (TPSA) is 69.0 Å². The highest BCUT2D eigenvalue weighted by Crippen LogP contribution is 2.25. The number of amides is 1. The summed E-state index contributed by atoms with van der Waals surface area (Å²) in [6.45, 7) is 3.41. The Morgan fingerprint density at radius 2 is 2.33 bits per heavy atom. The Bertz CT molecular complexity index is 452. The second-order valence-corrected chi connectivity index (χ2v) is 6.42. The monoisotopic (exact) mass is 312 g/mol. The number of hydrogen-bond donors (Lipinski definition) is 1. The molecule has 2 rings (SSSR count). The smallest absolute Gasteiger partial charge is 0.230 e. The first-order valence-corrected chi connectivity index (χ1v) is 8.50. The van der Waals surface area contributed by atoms with E-state index >= 15 is 0 Å². The Kier molecular flexibility index (Phi) is 6.50. The van der Waals surface area contributed by atoms with E-state index in [1.807, 2.05) is 7.05 Å². The summed E-state index contributed by atoms with van der Waals surface area (Å²) in [5, 5.41) is 7.59. The highest BCUT2D eigenvalue weighted by atomic mass is 32.2. The molecule has 1 aliphatic carbocycles. The van der Waals surface area contributed by atoms with Crippen LogP contribution in [0.2, 0.25) is 0 Å². The summed E-state index contributed by atoms with van der Waals surface area (Å²) < 4.78 is 7.53. The fourth-order valence-electron chi connectivity index (χ4n) is 2.53. The molecule has 0 saturated heterocycles. The number of aryl methyl sites for hydroxylation is 1. The molecule has 7 heteroatoms. The second kappa shape index (κ2) is 8.38. The molecular weight excluding hydrogens is 288 g/mol. The van der Waals surface area contributed by atoms with Gasteiger partial charge in [-0.2, -0.15) is 5.10 Å². The summed E-state index contributed by atoms with van der Waals surface area (Å²) in [6, 6.07) is 0. The lowest BCUT2D eigenvalue weighted by atomic mass is 9.88. The van der Waals surface area contributed by atoms with Crippen LogP contribution in [-0.2, 0) is 16.6 Å². The molecule has 2 atom stereocenters. The Labute approximate surface area is 130 Å². The third-order valence-corrected chi connectivity index (χ3v) is 4.83. The predicted molar refractivity (Wildman–Crippen MR) is 82.1 cm³/mol. The van der Waals surface area contributed by atoms with Gasteiger partial charge < -0.3 is 10.1 Å². The fourth-order valence-corrected chi connectivity index (χ4v) is 3.25. The molecule has 1 N–H and O–H groups in total. The number of carbonyl (C=O) groups excluding carboxylic acids is 1. The van der Waals surface area contributed by atoms with Crippen LogP contribution in [0.15, 0.2) is 11.5 Å². The van der Waals surface area contributed by atoms with Crippen molar-refractivity contribution in [1.82, 2.24) is 20.1 Å². The number of nitrogens with zero attached hydrogens (tertiary/aromatic N) is 3. The molecule has 1 saturated carbocycles. The molecule has 0 radical (unpaired) electrons. The molecule has 0 spiro atoms. The summed E-state index contributed by atoms with van der Waals surface area (Å²) in [5.74, 6) is 0.996. The lowest BCUT2D eigenvalue weighted by molar-refractivity contribution is -0.119. The maximum Gasteiger partial charge on any atom is 0.230 e. The van der Waals surface area contributed by atoms with Crippen molar-refractivity contribution in [3.63, 3.8) is 0 Å². The number of ether oxygens (including phenoxy) is 1. The third-order valence-electron chi connectivity index (χ3n) is 3.79. The normalized spacial score (nSPS) is 22.2. The van der Waals surface area contributed by atoms with E-state index in [0.29, 0.717) is 30.9 Å². The molecule has 1 aliphatic rings. The van der Waals surface area contributed by atoms with Gasteiger partial charge in [0.25, 0.3) is 0 Å². The second-order valence-electron chi connectivity index (χ2n) is 5.48. The van der Waals surface area contributed by atoms with Gasteiger partial charge in [0.05, 0.1) is 18.5 Å². The minimum absolute atomic E-state index is 0.00305. The fraction of sp³-hybridized carbons (Fsp3) is 0.786. The van der Waals surface area contributed by atoms with Crippen molar-refractivity contribution in [2.45, 2.75) is 43.9 Å². The van der Waals surface area contributed by atoms with Gasteiger partial charge in [0.15, 0.2) is 5.16 Å². The van der Waals surface area contributed by atoms with E-state index < -0.39 is 0 Å². The van der Waals surface area contributed by atoms with Crippen molar-refractivity contribution in [2.24, 2.45) is 13.0 Å². The van der Waals surface area contributed by atoms with Gasteiger partial charge in [-0.1, -0.05) is 31.5 Å². The van der Waals surface area contributed by atoms with Gasteiger partial charge in [-0.3, -0.25) is 4.79 Å². The third kappa shape index (κ3) is 5.32. The summed E-state index contributed by atoms with van der Waals surface area (Å²) >= 11 is 1.38. The Morgan fingerprint density at radius 3 is 3.05 bits per heavy atom. The first kappa shape index (κ1) is 16.3. The molecule has 118 valence electrons. The number of rotatable bonds is 7. The molecule has 1 heterocycles. The summed E-state index contributed by atoms with van der Waals surface area (Å²) in [7, 11) is 1.81. The lowest BCUT2D eigenvalue weighted by Gasteiger charge is -2.28. The van der Waals surface area contributed by atoms with Gasteiger partial charge in [0.1, 0.15) is 6.33 Å².